The smallest absolute Gasteiger partial charge is 0.227 e. The standard InChI is InChI=1S/C25H34N2O3/c1-19-6-7-21(16-20(19)2)17-25(29)26(3)24(18-27-12-4-5-13-27)22-8-10-23(11-9-22)30-15-14-28/h6-11,16,24,28H,4-5,12-15,17-18H2,1-3H3/t24-/m1/s1. The van der Waals surface area contributed by atoms with Crippen LogP contribution < -0.4 is 4.74 Å². The molecule has 30 heavy (non-hydrogen) atoms. The van der Waals surface area contributed by atoms with Crippen molar-refractivity contribution in [1.82, 2.24) is 9.80 Å². The molecule has 1 aliphatic heterocycles. The summed E-state index contributed by atoms with van der Waals surface area (Å²) >= 11 is 0. The fraction of sp³-hybridized carbons (Fsp3) is 0.480. The van der Waals surface area contributed by atoms with Crippen molar-refractivity contribution in [2.24, 2.45) is 0 Å². The van der Waals surface area contributed by atoms with Crippen LogP contribution in [-0.4, -0.2) is 60.7 Å². The first-order valence-corrected chi connectivity index (χ1v) is 10.9. The van der Waals surface area contributed by atoms with Gasteiger partial charge in [0.25, 0.3) is 0 Å². The molecule has 1 fully saturated rings. The summed E-state index contributed by atoms with van der Waals surface area (Å²) in [6, 6.07) is 14.2. The van der Waals surface area contributed by atoms with Gasteiger partial charge in [-0.05, 0) is 74.2 Å². The maximum absolute atomic E-state index is 13.2. The number of nitrogens with zero attached hydrogens (tertiary/aromatic N) is 2. The molecule has 2 aromatic rings. The van der Waals surface area contributed by atoms with Gasteiger partial charge in [0.2, 0.25) is 5.91 Å². The number of carbonyl (C=O) groups excluding carboxylic acids is 1. The summed E-state index contributed by atoms with van der Waals surface area (Å²) in [5.74, 6) is 0.861. The molecule has 0 radical (unpaired) electrons. The Morgan fingerprint density at radius 1 is 1.10 bits per heavy atom. The summed E-state index contributed by atoms with van der Waals surface area (Å²) in [4.78, 5) is 17.5. The Labute approximate surface area is 180 Å². The van der Waals surface area contributed by atoms with Gasteiger partial charge in [-0.3, -0.25) is 4.79 Å². The fourth-order valence-electron chi connectivity index (χ4n) is 4.00. The van der Waals surface area contributed by atoms with Crippen LogP contribution in [0.15, 0.2) is 42.5 Å². The van der Waals surface area contributed by atoms with Crippen LogP contribution in [-0.2, 0) is 11.2 Å². The van der Waals surface area contributed by atoms with Crippen LogP contribution in [0.4, 0.5) is 0 Å². The van der Waals surface area contributed by atoms with Crippen LogP contribution in [0.3, 0.4) is 0 Å². The molecule has 0 saturated carbocycles. The largest absolute Gasteiger partial charge is 0.491 e. The number of likely N-dealkylation sites (tertiary alicyclic amines) is 1. The molecule has 0 aromatic heterocycles. The first kappa shape index (κ1) is 22.3. The minimum absolute atomic E-state index is 0.00490. The number of benzene rings is 2. The lowest BCUT2D eigenvalue weighted by atomic mass is 10.0. The minimum Gasteiger partial charge on any atom is -0.491 e. The molecular weight excluding hydrogens is 376 g/mol. The first-order valence-electron chi connectivity index (χ1n) is 10.9. The average molecular weight is 411 g/mol. The zero-order chi connectivity index (χ0) is 21.5. The maximum Gasteiger partial charge on any atom is 0.227 e. The number of carbonyl (C=O) groups is 1. The quantitative estimate of drug-likeness (QED) is 0.687. The molecule has 1 saturated heterocycles. The monoisotopic (exact) mass is 410 g/mol. The molecule has 1 N–H and O–H groups in total. The number of likely N-dealkylation sites (N-methyl/N-ethyl adjacent to an activating group) is 1. The van der Waals surface area contributed by atoms with Crippen molar-refractivity contribution < 1.29 is 14.6 Å². The molecule has 3 rings (SSSR count). The van der Waals surface area contributed by atoms with Crippen molar-refractivity contribution in [2.75, 3.05) is 39.9 Å². The number of aliphatic hydroxyl groups is 1. The Kier molecular flexibility index (Phi) is 7.88. The normalized spacial score (nSPS) is 15.2. The third-order valence-corrected chi connectivity index (χ3v) is 6.04. The van der Waals surface area contributed by atoms with Gasteiger partial charge >= 0.3 is 0 Å². The van der Waals surface area contributed by atoms with Gasteiger partial charge < -0.3 is 19.6 Å². The number of rotatable bonds is 9. The SMILES string of the molecule is Cc1ccc(CC(=O)N(C)[C@H](CN2CCCC2)c2ccc(OCCO)cc2)cc1C. The van der Waals surface area contributed by atoms with Gasteiger partial charge in [0, 0.05) is 13.6 Å². The Morgan fingerprint density at radius 3 is 2.43 bits per heavy atom. The lowest BCUT2D eigenvalue weighted by molar-refractivity contribution is -0.131. The van der Waals surface area contributed by atoms with E-state index in [0.717, 1.165) is 36.5 Å². The highest BCUT2D eigenvalue weighted by molar-refractivity contribution is 5.79. The average Bonchev–Trinajstić information content (AvgIpc) is 3.26. The number of hydrogen-bond acceptors (Lipinski definition) is 4. The molecule has 0 bridgehead atoms. The van der Waals surface area contributed by atoms with Crippen molar-refractivity contribution in [2.45, 2.75) is 39.2 Å². The first-order chi connectivity index (χ1) is 14.5. The molecular formula is C25H34N2O3. The van der Waals surface area contributed by atoms with Crippen LogP contribution in [0.2, 0.25) is 0 Å². The number of aliphatic hydroxyl groups excluding tert-OH is 1. The Hall–Kier alpha value is -2.37. The predicted octanol–water partition coefficient (Wildman–Crippen LogP) is 3.51. The highest BCUT2D eigenvalue weighted by Crippen LogP contribution is 2.26. The summed E-state index contributed by atoms with van der Waals surface area (Å²) in [5.41, 5.74) is 4.63. The van der Waals surface area contributed by atoms with Crippen molar-refractivity contribution in [3.63, 3.8) is 0 Å². The lowest BCUT2D eigenvalue weighted by Gasteiger charge is -2.32. The van der Waals surface area contributed by atoms with Crippen LogP contribution >= 0.6 is 0 Å². The van der Waals surface area contributed by atoms with Gasteiger partial charge in [-0.2, -0.15) is 0 Å². The molecule has 0 aliphatic carbocycles. The summed E-state index contributed by atoms with van der Waals surface area (Å²) in [6.45, 7) is 7.48. The molecule has 1 atom stereocenters. The zero-order valence-corrected chi connectivity index (χ0v) is 18.4. The fourth-order valence-corrected chi connectivity index (χ4v) is 4.00. The van der Waals surface area contributed by atoms with Gasteiger partial charge in [0.1, 0.15) is 12.4 Å². The maximum atomic E-state index is 13.2. The number of aryl methyl sites for hydroxylation is 2. The third kappa shape index (κ3) is 5.83. The van der Waals surface area contributed by atoms with E-state index in [-0.39, 0.29) is 25.2 Å². The molecule has 2 aromatic carbocycles. The van der Waals surface area contributed by atoms with Crippen molar-refractivity contribution >= 4 is 5.91 Å². The summed E-state index contributed by atoms with van der Waals surface area (Å²) in [6.07, 6.45) is 2.85. The molecule has 0 spiro atoms. The van der Waals surface area contributed by atoms with E-state index in [1.165, 1.54) is 24.0 Å². The second kappa shape index (κ2) is 10.6. The summed E-state index contributed by atoms with van der Waals surface area (Å²) in [5, 5.41) is 8.94. The van der Waals surface area contributed by atoms with Gasteiger partial charge in [-0.15, -0.1) is 0 Å². The number of ether oxygens (including phenoxy) is 1. The second-order valence-corrected chi connectivity index (χ2v) is 8.26. The van der Waals surface area contributed by atoms with Crippen LogP contribution in [0.5, 0.6) is 5.75 Å². The highest BCUT2D eigenvalue weighted by Gasteiger charge is 2.25. The summed E-state index contributed by atoms with van der Waals surface area (Å²) < 4.78 is 5.49. The van der Waals surface area contributed by atoms with Crippen LogP contribution in [0.25, 0.3) is 0 Å². The topological polar surface area (TPSA) is 53.0 Å². The van der Waals surface area contributed by atoms with Crippen molar-refractivity contribution in [3.05, 3.63) is 64.7 Å². The Bertz CT molecular complexity index is 829. The second-order valence-electron chi connectivity index (χ2n) is 8.26. The van der Waals surface area contributed by atoms with E-state index in [1.807, 2.05) is 36.2 Å². The van der Waals surface area contributed by atoms with Gasteiger partial charge in [-0.1, -0.05) is 30.3 Å². The number of amides is 1. The van der Waals surface area contributed by atoms with E-state index in [1.54, 1.807) is 0 Å². The molecule has 1 amide bonds. The Morgan fingerprint density at radius 2 is 1.80 bits per heavy atom. The lowest BCUT2D eigenvalue weighted by Crippen LogP contribution is -2.39. The van der Waals surface area contributed by atoms with E-state index in [2.05, 4.69) is 36.9 Å². The van der Waals surface area contributed by atoms with Gasteiger partial charge in [-0.25, -0.2) is 0 Å². The molecule has 5 nitrogen and oxygen atoms in total. The molecule has 5 heteroatoms. The molecule has 162 valence electrons. The zero-order valence-electron chi connectivity index (χ0n) is 18.4. The van der Waals surface area contributed by atoms with Crippen LogP contribution in [0.1, 0.15) is 41.1 Å². The molecule has 1 heterocycles. The van der Waals surface area contributed by atoms with E-state index < -0.39 is 0 Å². The van der Waals surface area contributed by atoms with Crippen LogP contribution in [0, 0.1) is 13.8 Å². The van der Waals surface area contributed by atoms with Gasteiger partial charge in [0.15, 0.2) is 0 Å². The molecule has 0 unspecified atom stereocenters. The van der Waals surface area contributed by atoms with E-state index in [9.17, 15) is 4.79 Å². The summed E-state index contributed by atoms with van der Waals surface area (Å²) in [7, 11) is 1.92. The van der Waals surface area contributed by atoms with E-state index >= 15 is 0 Å². The van der Waals surface area contributed by atoms with E-state index in [0.29, 0.717) is 6.42 Å². The number of hydrogen-bond donors (Lipinski definition) is 1. The Balaban J connectivity index is 1.75. The van der Waals surface area contributed by atoms with Crippen molar-refractivity contribution in [3.8, 4) is 5.75 Å². The van der Waals surface area contributed by atoms with E-state index in [4.69, 9.17) is 9.84 Å². The highest BCUT2D eigenvalue weighted by atomic mass is 16.5. The molecule has 1 aliphatic rings. The van der Waals surface area contributed by atoms with Crippen molar-refractivity contribution in [1.29, 1.82) is 0 Å². The predicted molar refractivity (Wildman–Crippen MR) is 120 cm³/mol. The van der Waals surface area contributed by atoms with Gasteiger partial charge in [0.05, 0.1) is 19.1 Å². The minimum atomic E-state index is -0.00552. The third-order valence-electron chi connectivity index (χ3n) is 6.04.